The zero-order valence-corrected chi connectivity index (χ0v) is 10.8. The zero-order chi connectivity index (χ0) is 12.4. The molecule has 1 aromatic carbocycles. The Hall–Kier alpha value is -1.39. The molecule has 1 aliphatic heterocycles. The van der Waals surface area contributed by atoms with E-state index in [2.05, 4.69) is 16.3 Å². The van der Waals surface area contributed by atoms with Crippen LogP contribution in [0, 0.1) is 5.82 Å². The lowest BCUT2D eigenvalue weighted by atomic mass is 10.1. The number of halogens is 1. The molecule has 0 saturated carbocycles. The number of nitrogens with zero attached hydrogens (tertiary/aromatic N) is 1. The summed E-state index contributed by atoms with van der Waals surface area (Å²) >= 11 is 1.68. The van der Waals surface area contributed by atoms with E-state index < -0.39 is 0 Å². The molecule has 0 bridgehead atoms. The molecule has 3 rings (SSSR count). The van der Waals surface area contributed by atoms with E-state index in [9.17, 15) is 4.39 Å². The first-order chi connectivity index (χ1) is 8.84. The van der Waals surface area contributed by atoms with Crippen LogP contribution in [0.2, 0.25) is 0 Å². The topological polar surface area (TPSA) is 15.3 Å². The maximum Gasteiger partial charge on any atom is 0.146 e. The standard InChI is InChI=1S/C14H15FN2S/c15-12-4-3-11(14-2-1-9-18-14)10-13(12)17-7-5-16-6-8-17/h1-4,9-10,16H,5-8H2. The number of piperazine rings is 1. The summed E-state index contributed by atoms with van der Waals surface area (Å²) in [4.78, 5) is 3.30. The molecule has 0 aliphatic carbocycles. The average Bonchev–Trinajstić information content (AvgIpc) is 2.94. The molecule has 1 saturated heterocycles. The highest BCUT2D eigenvalue weighted by atomic mass is 32.1. The molecule has 2 nitrogen and oxygen atoms in total. The second-order valence-electron chi connectivity index (χ2n) is 4.38. The van der Waals surface area contributed by atoms with Crippen molar-refractivity contribution < 1.29 is 4.39 Å². The van der Waals surface area contributed by atoms with Crippen molar-refractivity contribution in [3.8, 4) is 10.4 Å². The molecule has 0 spiro atoms. The van der Waals surface area contributed by atoms with E-state index in [0.717, 1.165) is 37.4 Å². The van der Waals surface area contributed by atoms with Crippen molar-refractivity contribution in [3.05, 3.63) is 41.5 Å². The summed E-state index contributed by atoms with van der Waals surface area (Å²) in [5.41, 5.74) is 1.82. The summed E-state index contributed by atoms with van der Waals surface area (Å²) in [6, 6.07) is 9.49. The van der Waals surface area contributed by atoms with Crippen molar-refractivity contribution in [2.75, 3.05) is 31.1 Å². The Bertz CT molecular complexity index is 519. The molecule has 0 amide bonds. The fraction of sp³-hybridized carbons (Fsp3) is 0.286. The minimum atomic E-state index is -0.128. The van der Waals surface area contributed by atoms with Crippen molar-refractivity contribution in [3.63, 3.8) is 0 Å². The maximum atomic E-state index is 13.9. The molecule has 2 heterocycles. The summed E-state index contributed by atoms with van der Waals surface area (Å²) in [5, 5.41) is 5.33. The van der Waals surface area contributed by atoms with Gasteiger partial charge >= 0.3 is 0 Å². The molecule has 18 heavy (non-hydrogen) atoms. The molecule has 0 unspecified atom stereocenters. The van der Waals surface area contributed by atoms with Crippen molar-refractivity contribution in [2.24, 2.45) is 0 Å². The van der Waals surface area contributed by atoms with Gasteiger partial charge in [-0.05, 0) is 29.1 Å². The van der Waals surface area contributed by atoms with Crippen LogP contribution in [0.25, 0.3) is 10.4 Å². The predicted molar refractivity (Wildman–Crippen MR) is 74.8 cm³/mol. The minimum absolute atomic E-state index is 0.128. The molecule has 0 radical (unpaired) electrons. The first-order valence-electron chi connectivity index (χ1n) is 6.14. The van der Waals surface area contributed by atoms with E-state index >= 15 is 0 Å². The van der Waals surface area contributed by atoms with Gasteiger partial charge in [0.05, 0.1) is 5.69 Å². The first-order valence-corrected chi connectivity index (χ1v) is 7.02. The van der Waals surface area contributed by atoms with Gasteiger partial charge in [0, 0.05) is 31.1 Å². The van der Waals surface area contributed by atoms with Crippen LogP contribution in [0.1, 0.15) is 0 Å². The molecule has 1 N–H and O–H groups in total. The van der Waals surface area contributed by atoms with Gasteiger partial charge < -0.3 is 10.2 Å². The lowest BCUT2D eigenvalue weighted by molar-refractivity contribution is 0.566. The van der Waals surface area contributed by atoms with Crippen molar-refractivity contribution in [2.45, 2.75) is 0 Å². The fourth-order valence-electron chi connectivity index (χ4n) is 2.26. The van der Waals surface area contributed by atoms with Crippen LogP contribution in [0.15, 0.2) is 35.7 Å². The lowest BCUT2D eigenvalue weighted by Crippen LogP contribution is -2.43. The second-order valence-corrected chi connectivity index (χ2v) is 5.33. The van der Waals surface area contributed by atoms with Crippen LogP contribution in [-0.4, -0.2) is 26.2 Å². The van der Waals surface area contributed by atoms with Crippen LogP contribution in [-0.2, 0) is 0 Å². The molecular weight excluding hydrogens is 247 g/mol. The van der Waals surface area contributed by atoms with E-state index in [0.29, 0.717) is 0 Å². The SMILES string of the molecule is Fc1ccc(-c2cccs2)cc1N1CCNCC1. The maximum absolute atomic E-state index is 13.9. The van der Waals surface area contributed by atoms with Gasteiger partial charge in [-0.2, -0.15) is 0 Å². The summed E-state index contributed by atoms with van der Waals surface area (Å²) in [5.74, 6) is -0.128. The third-order valence-electron chi connectivity index (χ3n) is 3.21. The van der Waals surface area contributed by atoms with Crippen molar-refractivity contribution in [1.82, 2.24) is 5.32 Å². The highest BCUT2D eigenvalue weighted by Gasteiger charge is 2.15. The molecule has 1 aliphatic rings. The fourth-order valence-corrected chi connectivity index (χ4v) is 2.98. The molecule has 2 aromatic rings. The van der Waals surface area contributed by atoms with Crippen LogP contribution in [0.3, 0.4) is 0 Å². The Morgan fingerprint density at radius 3 is 2.72 bits per heavy atom. The number of anilines is 1. The summed E-state index contributed by atoms with van der Waals surface area (Å²) in [7, 11) is 0. The minimum Gasteiger partial charge on any atom is -0.367 e. The molecule has 94 valence electrons. The van der Waals surface area contributed by atoms with Gasteiger partial charge in [0.1, 0.15) is 5.82 Å². The third-order valence-corrected chi connectivity index (χ3v) is 4.13. The number of nitrogens with one attached hydrogen (secondary N) is 1. The number of benzene rings is 1. The number of hydrogen-bond donors (Lipinski definition) is 1. The Balaban J connectivity index is 1.95. The lowest BCUT2D eigenvalue weighted by Gasteiger charge is -2.30. The Kier molecular flexibility index (Phi) is 3.30. The third kappa shape index (κ3) is 2.26. The van der Waals surface area contributed by atoms with Crippen LogP contribution in [0.5, 0.6) is 0 Å². The smallest absolute Gasteiger partial charge is 0.146 e. The van der Waals surface area contributed by atoms with Crippen LogP contribution in [0.4, 0.5) is 10.1 Å². The average molecular weight is 262 g/mol. The van der Waals surface area contributed by atoms with E-state index in [-0.39, 0.29) is 5.82 Å². The molecule has 0 atom stereocenters. The monoisotopic (exact) mass is 262 g/mol. The zero-order valence-electron chi connectivity index (χ0n) is 10.0. The van der Waals surface area contributed by atoms with E-state index in [1.54, 1.807) is 17.4 Å². The van der Waals surface area contributed by atoms with Gasteiger partial charge in [-0.1, -0.05) is 12.1 Å². The van der Waals surface area contributed by atoms with Crippen molar-refractivity contribution >= 4 is 17.0 Å². The van der Waals surface area contributed by atoms with E-state index in [1.165, 1.54) is 4.88 Å². The largest absolute Gasteiger partial charge is 0.367 e. The van der Waals surface area contributed by atoms with E-state index in [1.807, 2.05) is 23.6 Å². The van der Waals surface area contributed by atoms with Gasteiger partial charge in [0.15, 0.2) is 0 Å². The van der Waals surface area contributed by atoms with Gasteiger partial charge in [0.2, 0.25) is 0 Å². The summed E-state index contributed by atoms with van der Waals surface area (Å²) in [6.45, 7) is 3.57. The predicted octanol–water partition coefficient (Wildman–Crippen LogP) is 2.96. The van der Waals surface area contributed by atoms with Gasteiger partial charge in [-0.3, -0.25) is 0 Å². The Labute approximate surface area is 110 Å². The summed E-state index contributed by atoms with van der Waals surface area (Å²) in [6.07, 6.45) is 0. The summed E-state index contributed by atoms with van der Waals surface area (Å²) < 4.78 is 13.9. The Morgan fingerprint density at radius 2 is 2.00 bits per heavy atom. The molecule has 4 heteroatoms. The highest BCUT2D eigenvalue weighted by molar-refractivity contribution is 7.13. The highest BCUT2D eigenvalue weighted by Crippen LogP contribution is 2.30. The normalized spacial score (nSPS) is 15.9. The quantitative estimate of drug-likeness (QED) is 0.895. The molecule has 1 fully saturated rings. The van der Waals surface area contributed by atoms with Gasteiger partial charge in [0.25, 0.3) is 0 Å². The van der Waals surface area contributed by atoms with Crippen LogP contribution < -0.4 is 10.2 Å². The Morgan fingerprint density at radius 1 is 1.17 bits per heavy atom. The van der Waals surface area contributed by atoms with Gasteiger partial charge in [-0.15, -0.1) is 11.3 Å². The van der Waals surface area contributed by atoms with Crippen LogP contribution >= 0.6 is 11.3 Å². The number of hydrogen-bond acceptors (Lipinski definition) is 3. The number of rotatable bonds is 2. The second kappa shape index (κ2) is 5.08. The van der Waals surface area contributed by atoms with E-state index in [4.69, 9.17) is 0 Å². The molecule has 1 aromatic heterocycles. The molecular formula is C14H15FN2S. The van der Waals surface area contributed by atoms with Gasteiger partial charge in [-0.25, -0.2) is 4.39 Å². The van der Waals surface area contributed by atoms with Crippen molar-refractivity contribution in [1.29, 1.82) is 0 Å². The first kappa shape index (κ1) is 11.7. The number of thiophene rings is 1.